The number of nitrogens with one attached hydrogen (secondary N) is 2. The second-order valence-electron chi connectivity index (χ2n) is 5.28. The third-order valence-electron chi connectivity index (χ3n) is 3.33. The van der Waals surface area contributed by atoms with Gasteiger partial charge in [0.1, 0.15) is 11.9 Å². The topological polar surface area (TPSA) is 68.3 Å². The van der Waals surface area contributed by atoms with Crippen molar-refractivity contribution in [1.82, 2.24) is 9.97 Å². The zero-order valence-corrected chi connectivity index (χ0v) is 12.9. The molecule has 0 unspecified atom stereocenters. The van der Waals surface area contributed by atoms with Crippen molar-refractivity contribution in [3.05, 3.63) is 23.9 Å². The van der Waals surface area contributed by atoms with Crippen molar-refractivity contribution >= 4 is 11.8 Å². The quantitative estimate of drug-likeness (QED) is 0.782. The molecule has 2 N–H and O–H groups in total. The summed E-state index contributed by atoms with van der Waals surface area (Å²) in [6, 6.07) is 1.99. The summed E-state index contributed by atoms with van der Waals surface area (Å²) in [5.41, 5.74) is 1.25. The molecule has 2 atom stereocenters. The zero-order chi connectivity index (χ0) is 15.1. The van der Waals surface area contributed by atoms with Crippen LogP contribution >= 0.6 is 0 Å². The summed E-state index contributed by atoms with van der Waals surface area (Å²) in [6.45, 7) is 6.05. The van der Waals surface area contributed by atoms with E-state index in [0.717, 1.165) is 18.8 Å². The first kappa shape index (κ1) is 15.7. The molecule has 21 heavy (non-hydrogen) atoms. The Balaban J connectivity index is 1.96. The Hall–Kier alpha value is -1.66. The Kier molecular flexibility index (Phi) is 5.95. The molecule has 1 aromatic rings. The normalized spacial score (nSPS) is 21.7. The number of hydrogen-bond donors (Lipinski definition) is 2. The van der Waals surface area contributed by atoms with E-state index in [0.29, 0.717) is 19.2 Å². The van der Waals surface area contributed by atoms with Gasteiger partial charge in [-0.15, -0.1) is 0 Å². The number of aromatic nitrogens is 2. The van der Waals surface area contributed by atoms with Crippen LogP contribution < -0.4 is 10.6 Å². The fourth-order valence-electron chi connectivity index (χ4n) is 2.11. The van der Waals surface area contributed by atoms with Crippen molar-refractivity contribution in [2.45, 2.75) is 32.4 Å². The van der Waals surface area contributed by atoms with Crippen LogP contribution in [0.5, 0.6) is 0 Å². The second-order valence-corrected chi connectivity index (χ2v) is 5.28. The van der Waals surface area contributed by atoms with E-state index in [-0.39, 0.29) is 12.1 Å². The minimum atomic E-state index is 0.0104. The number of rotatable bonds is 6. The predicted octanol–water partition coefficient (Wildman–Crippen LogP) is 2.07. The van der Waals surface area contributed by atoms with Crippen LogP contribution in [-0.4, -0.2) is 49.0 Å². The molecule has 0 bridgehead atoms. The molecule has 0 aromatic carbocycles. The minimum absolute atomic E-state index is 0.0104. The van der Waals surface area contributed by atoms with E-state index in [2.05, 4.69) is 40.5 Å². The minimum Gasteiger partial charge on any atom is -0.379 e. The molecule has 1 aliphatic rings. The van der Waals surface area contributed by atoms with E-state index in [1.54, 1.807) is 6.20 Å². The van der Waals surface area contributed by atoms with Gasteiger partial charge in [-0.3, -0.25) is 0 Å². The van der Waals surface area contributed by atoms with Gasteiger partial charge in [-0.05, 0) is 26.3 Å². The molecule has 6 nitrogen and oxygen atoms in total. The molecule has 0 saturated carbocycles. The summed E-state index contributed by atoms with van der Waals surface area (Å²) < 4.78 is 11.4. The predicted molar refractivity (Wildman–Crippen MR) is 83.6 cm³/mol. The van der Waals surface area contributed by atoms with Crippen LogP contribution in [0.25, 0.3) is 0 Å². The van der Waals surface area contributed by atoms with Gasteiger partial charge in [0.15, 0.2) is 0 Å². The molecule has 0 radical (unpaired) electrons. The summed E-state index contributed by atoms with van der Waals surface area (Å²) in [6.07, 6.45) is 4.70. The van der Waals surface area contributed by atoms with Crippen LogP contribution in [-0.2, 0) is 9.47 Å². The number of ether oxygens (including phenoxy) is 2. The van der Waals surface area contributed by atoms with E-state index in [9.17, 15) is 0 Å². The maximum atomic E-state index is 5.90. The summed E-state index contributed by atoms with van der Waals surface area (Å²) in [5, 5.41) is 6.36. The SMILES string of the molecule is CNc1ccnc(N[C@@H]2CCOC[C@H]2OCC=C(C)C)n1. The number of allylic oxidation sites excluding steroid dienone is 1. The molecule has 0 spiro atoms. The first-order chi connectivity index (χ1) is 10.2. The summed E-state index contributed by atoms with van der Waals surface area (Å²) >= 11 is 0. The Labute approximate surface area is 126 Å². The third-order valence-corrected chi connectivity index (χ3v) is 3.33. The highest BCUT2D eigenvalue weighted by Gasteiger charge is 2.26. The Morgan fingerprint density at radius 1 is 1.52 bits per heavy atom. The van der Waals surface area contributed by atoms with Gasteiger partial charge in [0, 0.05) is 19.9 Å². The van der Waals surface area contributed by atoms with Crippen molar-refractivity contribution in [2.24, 2.45) is 0 Å². The molecule has 0 aliphatic carbocycles. The zero-order valence-electron chi connectivity index (χ0n) is 12.9. The Bertz CT molecular complexity index is 474. The van der Waals surface area contributed by atoms with Gasteiger partial charge in [0.25, 0.3) is 0 Å². The first-order valence-corrected chi connectivity index (χ1v) is 7.29. The largest absolute Gasteiger partial charge is 0.379 e. The summed E-state index contributed by atoms with van der Waals surface area (Å²) in [5.74, 6) is 1.41. The Morgan fingerprint density at radius 3 is 3.14 bits per heavy atom. The smallest absolute Gasteiger partial charge is 0.224 e. The highest BCUT2D eigenvalue weighted by Crippen LogP contribution is 2.16. The van der Waals surface area contributed by atoms with Gasteiger partial charge in [0.2, 0.25) is 5.95 Å². The lowest BCUT2D eigenvalue weighted by Crippen LogP contribution is -2.44. The van der Waals surface area contributed by atoms with E-state index in [1.807, 2.05) is 13.1 Å². The van der Waals surface area contributed by atoms with E-state index >= 15 is 0 Å². The highest BCUT2D eigenvalue weighted by molar-refractivity contribution is 5.39. The molecular formula is C15H24N4O2. The molecule has 1 saturated heterocycles. The molecule has 2 heterocycles. The second kappa shape index (κ2) is 7.95. The monoisotopic (exact) mass is 292 g/mol. The van der Waals surface area contributed by atoms with E-state index in [4.69, 9.17) is 9.47 Å². The van der Waals surface area contributed by atoms with Crippen molar-refractivity contribution in [2.75, 3.05) is 37.5 Å². The maximum Gasteiger partial charge on any atom is 0.224 e. The van der Waals surface area contributed by atoms with Crippen LogP contribution in [0.2, 0.25) is 0 Å². The lowest BCUT2D eigenvalue weighted by molar-refractivity contribution is -0.0483. The molecule has 116 valence electrons. The van der Waals surface area contributed by atoms with Crippen molar-refractivity contribution in [1.29, 1.82) is 0 Å². The molecule has 1 fully saturated rings. The van der Waals surface area contributed by atoms with Gasteiger partial charge in [-0.2, -0.15) is 4.98 Å². The van der Waals surface area contributed by atoms with Gasteiger partial charge < -0.3 is 20.1 Å². The fourth-order valence-corrected chi connectivity index (χ4v) is 2.11. The lowest BCUT2D eigenvalue weighted by Gasteiger charge is -2.31. The van der Waals surface area contributed by atoms with Crippen molar-refractivity contribution < 1.29 is 9.47 Å². The van der Waals surface area contributed by atoms with Crippen LogP contribution in [0.1, 0.15) is 20.3 Å². The van der Waals surface area contributed by atoms with Gasteiger partial charge in [-0.1, -0.05) is 11.6 Å². The average Bonchev–Trinajstić information content (AvgIpc) is 2.49. The van der Waals surface area contributed by atoms with Gasteiger partial charge in [-0.25, -0.2) is 4.98 Å². The highest BCUT2D eigenvalue weighted by atomic mass is 16.5. The van der Waals surface area contributed by atoms with Crippen molar-refractivity contribution in [3.8, 4) is 0 Å². The molecule has 1 aliphatic heterocycles. The fraction of sp³-hybridized carbons (Fsp3) is 0.600. The van der Waals surface area contributed by atoms with Crippen LogP contribution in [0.15, 0.2) is 23.9 Å². The number of hydrogen-bond acceptors (Lipinski definition) is 6. The number of anilines is 2. The molecule has 1 aromatic heterocycles. The average molecular weight is 292 g/mol. The van der Waals surface area contributed by atoms with Crippen LogP contribution in [0, 0.1) is 0 Å². The molecule has 6 heteroatoms. The standard InChI is InChI=1S/C15H24N4O2/c1-11(2)5-9-21-13-10-20-8-6-12(13)18-15-17-7-4-14(16-3)19-15/h4-5,7,12-13H,6,8-10H2,1-3H3,(H2,16,17,18,19)/t12-,13-/m1/s1. The maximum absolute atomic E-state index is 5.90. The van der Waals surface area contributed by atoms with Crippen LogP contribution in [0.4, 0.5) is 11.8 Å². The summed E-state index contributed by atoms with van der Waals surface area (Å²) in [7, 11) is 1.84. The van der Waals surface area contributed by atoms with E-state index in [1.165, 1.54) is 5.57 Å². The lowest BCUT2D eigenvalue weighted by atomic mass is 10.1. The van der Waals surface area contributed by atoms with Gasteiger partial charge in [0.05, 0.1) is 19.3 Å². The van der Waals surface area contributed by atoms with E-state index < -0.39 is 0 Å². The molecule has 2 rings (SSSR count). The number of nitrogens with zero attached hydrogens (tertiary/aromatic N) is 2. The molecular weight excluding hydrogens is 268 g/mol. The van der Waals surface area contributed by atoms with Gasteiger partial charge >= 0.3 is 0 Å². The Morgan fingerprint density at radius 2 is 2.38 bits per heavy atom. The van der Waals surface area contributed by atoms with Crippen LogP contribution in [0.3, 0.4) is 0 Å². The summed E-state index contributed by atoms with van der Waals surface area (Å²) in [4.78, 5) is 8.64. The first-order valence-electron chi connectivity index (χ1n) is 7.29. The van der Waals surface area contributed by atoms with Crippen molar-refractivity contribution in [3.63, 3.8) is 0 Å². The third kappa shape index (κ3) is 4.99. The molecule has 0 amide bonds.